The molecule has 0 atom stereocenters. The lowest BCUT2D eigenvalue weighted by Gasteiger charge is -2.22. The van der Waals surface area contributed by atoms with Gasteiger partial charge in [-0.1, -0.05) is 75.9 Å². The van der Waals surface area contributed by atoms with Gasteiger partial charge in [-0.15, -0.1) is 0 Å². The number of halogens is 2. The smallest absolute Gasteiger partial charge is 0.219 e. The van der Waals surface area contributed by atoms with Crippen LogP contribution in [-0.2, 0) is 22.7 Å². The van der Waals surface area contributed by atoms with E-state index in [1.165, 1.54) is 11.1 Å². The molecule has 1 aliphatic carbocycles. The number of hydrogen-bond acceptors (Lipinski definition) is 8. The molecule has 2 N–H and O–H groups in total. The molecule has 3 rings (SSSR count). The molecule has 0 aromatic heterocycles. The maximum atomic E-state index is 13.1. The lowest BCUT2D eigenvalue weighted by Crippen LogP contribution is -2.34. The van der Waals surface area contributed by atoms with E-state index in [0.717, 1.165) is 102 Å². The number of para-hydroxylation sites is 2. The number of ketones is 2. The first-order valence-electron chi connectivity index (χ1n) is 17.4. The minimum Gasteiger partial charge on any atom is -0.496 e. The lowest BCUT2D eigenvalue weighted by atomic mass is 10.1. The molecule has 0 aliphatic heterocycles. The summed E-state index contributed by atoms with van der Waals surface area (Å²) in [6.45, 7) is 11.4. The first-order valence-corrected chi connectivity index (χ1v) is 19.0. The zero-order valence-electron chi connectivity index (χ0n) is 29.2. The van der Waals surface area contributed by atoms with Crippen molar-refractivity contribution < 1.29 is 19.1 Å². The summed E-state index contributed by atoms with van der Waals surface area (Å²) in [5, 5.41) is 6.44. The number of carbonyl (C=O) groups excluding carboxylic acids is 2. The Kier molecular flexibility index (Phi) is 18.3. The minimum absolute atomic E-state index is 0.200. The van der Waals surface area contributed by atoms with E-state index in [0.29, 0.717) is 33.4 Å². The molecule has 2 aromatic rings. The van der Waals surface area contributed by atoms with Crippen LogP contribution in [0.4, 0.5) is 0 Å². The van der Waals surface area contributed by atoms with Crippen molar-refractivity contribution in [3.8, 4) is 11.5 Å². The number of rotatable bonds is 24. The molecule has 0 fully saturated rings. The number of carbonyl (C=O) groups is 2. The SMILES string of the molecule is CCN(CCCCCCNC1=C(Br)C(=O)C(NCCCCCCN(CC)Cc2ccccc2OC)=C(Br)C1=O)Cc1ccccc1OC. The van der Waals surface area contributed by atoms with Crippen LogP contribution >= 0.6 is 31.9 Å². The van der Waals surface area contributed by atoms with E-state index in [9.17, 15) is 9.59 Å². The van der Waals surface area contributed by atoms with Crippen LogP contribution in [0.2, 0.25) is 0 Å². The van der Waals surface area contributed by atoms with Gasteiger partial charge in [0.1, 0.15) is 22.9 Å². The summed E-state index contributed by atoms with van der Waals surface area (Å²) in [5.74, 6) is 1.47. The number of benzene rings is 2. The number of methoxy groups -OCH3 is 2. The van der Waals surface area contributed by atoms with E-state index < -0.39 is 0 Å². The summed E-state index contributed by atoms with van der Waals surface area (Å²) >= 11 is 6.81. The first kappa shape index (κ1) is 39.8. The molecule has 264 valence electrons. The van der Waals surface area contributed by atoms with E-state index in [1.54, 1.807) is 14.2 Å². The summed E-state index contributed by atoms with van der Waals surface area (Å²) in [6.07, 6.45) is 8.37. The molecular formula is C38H54Br2N4O4. The van der Waals surface area contributed by atoms with Crippen LogP contribution in [0, 0.1) is 0 Å². The van der Waals surface area contributed by atoms with Crippen molar-refractivity contribution in [2.24, 2.45) is 0 Å². The molecular weight excluding hydrogens is 736 g/mol. The van der Waals surface area contributed by atoms with Crippen molar-refractivity contribution in [1.82, 2.24) is 20.4 Å². The van der Waals surface area contributed by atoms with Gasteiger partial charge in [0.15, 0.2) is 0 Å². The number of hydrogen-bond donors (Lipinski definition) is 2. The molecule has 8 nitrogen and oxygen atoms in total. The Morgan fingerprint density at radius 1 is 0.583 bits per heavy atom. The number of unbranched alkanes of at least 4 members (excludes halogenated alkanes) is 6. The van der Waals surface area contributed by atoms with Gasteiger partial charge in [-0.3, -0.25) is 19.4 Å². The van der Waals surface area contributed by atoms with Gasteiger partial charge in [0.2, 0.25) is 11.6 Å². The second-order valence-electron chi connectivity index (χ2n) is 12.1. The summed E-state index contributed by atoms with van der Waals surface area (Å²) < 4.78 is 11.6. The Morgan fingerprint density at radius 3 is 1.33 bits per heavy atom. The molecule has 0 heterocycles. The van der Waals surface area contributed by atoms with Gasteiger partial charge < -0.3 is 20.1 Å². The standard InChI is InChI=1S/C38H54Br2N4O4/c1-5-43(27-29-19-11-13-21-31(29)47-3)25-17-9-7-15-23-41-35-33(39)38(46)36(34(40)37(35)45)42-24-16-8-10-18-26-44(6-2)28-30-20-12-14-22-32(30)48-4/h11-14,19-22,41-42H,5-10,15-18,23-28H2,1-4H3. The molecule has 0 unspecified atom stereocenters. The van der Waals surface area contributed by atoms with Crippen molar-refractivity contribution >= 4 is 43.4 Å². The number of Topliss-reactive ketones (excluding diaryl/α,β-unsaturated/α-hetero) is 2. The Labute approximate surface area is 304 Å². The fourth-order valence-electron chi connectivity index (χ4n) is 5.86. The second kappa shape index (κ2) is 22.1. The zero-order valence-corrected chi connectivity index (χ0v) is 32.4. The number of nitrogens with one attached hydrogen (secondary N) is 2. The molecule has 0 spiro atoms. The van der Waals surface area contributed by atoms with Crippen molar-refractivity contribution in [1.29, 1.82) is 0 Å². The van der Waals surface area contributed by atoms with Gasteiger partial charge in [0.25, 0.3) is 0 Å². The zero-order chi connectivity index (χ0) is 34.7. The Morgan fingerprint density at radius 2 is 0.958 bits per heavy atom. The highest BCUT2D eigenvalue weighted by atomic mass is 79.9. The minimum atomic E-state index is -0.200. The molecule has 0 saturated carbocycles. The van der Waals surface area contributed by atoms with Gasteiger partial charge in [-0.25, -0.2) is 0 Å². The fraction of sp³-hybridized carbons (Fsp3) is 0.526. The van der Waals surface area contributed by atoms with E-state index >= 15 is 0 Å². The summed E-state index contributed by atoms with van der Waals surface area (Å²) in [5.41, 5.74) is 3.09. The predicted octanol–water partition coefficient (Wildman–Crippen LogP) is 7.71. The highest BCUT2D eigenvalue weighted by molar-refractivity contribution is 9.12. The average Bonchev–Trinajstić information content (AvgIpc) is 3.11. The van der Waals surface area contributed by atoms with Crippen LogP contribution in [0.25, 0.3) is 0 Å². The van der Waals surface area contributed by atoms with Gasteiger partial charge >= 0.3 is 0 Å². The van der Waals surface area contributed by atoms with Crippen molar-refractivity contribution in [2.45, 2.75) is 78.3 Å². The van der Waals surface area contributed by atoms with Crippen LogP contribution in [0.15, 0.2) is 68.9 Å². The quantitative estimate of drug-likeness (QED) is 0.0828. The Bertz CT molecular complexity index is 1280. The molecule has 10 heteroatoms. The fourth-order valence-corrected chi connectivity index (χ4v) is 6.90. The molecule has 0 radical (unpaired) electrons. The van der Waals surface area contributed by atoms with Crippen molar-refractivity contribution in [3.05, 3.63) is 80.0 Å². The third-order valence-corrected chi connectivity index (χ3v) is 10.3. The predicted molar refractivity (Wildman–Crippen MR) is 203 cm³/mol. The summed E-state index contributed by atoms with van der Waals surface area (Å²) in [7, 11) is 3.44. The molecule has 0 bridgehead atoms. The van der Waals surface area contributed by atoms with Gasteiger partial charge in [-0.05, 0) is 95.9 Å². The van der Waals surface area contributed by atoms with Crippen molar-refractivity contribution in [2.75, 3.05) is 53.5 Å². The molecule has 1 aliphatic rings. The number of nitrogens with zero attached hydrogens (tertiary/aromatic N) is 2. The van der Waals surface area contributed by atoms with E-state index in [4.69, 9.17) is 9.47 Å². The van der Waals surface area contributed by atoms with Crippen LogP contribution < -0.4 is 20.1 Å². The van der Waals surface area contributed by atoms with Gasteiger partial charge in [-0.2, -0.15) is 0 Å². The average molecular weight is 791 g/mol. The van der Waals surface area contributed by atoms with Crippen LogP contribution in [0.1, 0.15) is 76.3 Å². The number of allylic oxidation sites excluding steroid dienone is 2. The van der Waals surface area contributed by atoms with Crippen LogP contribution in [0.5, 0.6) is 11.5 Å². The molecule has 0 amide bonds. The van der Waals surface area contributed by atoms with Crippen LogP contribution in [-0.4, -0.2) is 74.9 Å². The van der Waals surface area contributed by atoms with Crippen molar-refractivity contribution in [3.63, 3.8) is 0 Å². The van der Waals surface area contributed by atoms with Crippen LogP contribution in [0.3, 0.4) is 0 Å². The van der Waals surface area contributed by atoms with Gasteiger partial charge in [0.05, 0.1) is 23.2 Å². The highest BCUT2D eigenvalue weighted by Crippen LogP contribution is 2.29. The van der Waals surface area contributed by atoms with E-state index in [-0.39, 0.29) is 11.6 Å². The Hall–Kier alpha value is -2.66. The molecule has 2 aromatic carbocycles. The van der Waals surface area contributed by atoms with Gasteiger partial charge in [0, 0.05) is 37.3 Å². The monoisotopic (exact) mass is 788 g/mol. The van der Waals surface area contributed by atoms with E-state index in [2.05, 4.69) is 90.4 Å². The lowest BCUT2D eigenvalue weighted by molar-refractivity contribution is -0.116. The topological polar surface area (TPSA) is 83.1 Å². The molecule has 0 saturated heterocycles. The third kappa shape index (κ3) is 12.3. The second-order valence-corrected chi connectivity index (χ2v) is 13.7. The highest BCUT2D eigenvalue weighted by Gasteiger charge is 2.32. The maximum Gasteiger partial charge on any atom is 0.219 e. The maximum absolute atomic E-state index is 13.1. The largest absolute Gasteiger partial charge is 0.496 e. The first-order chi connectivity index (χ1) is 23.3. The molecule has 48 heavy (non-hydrogen) atoms. The third-order valence-electron chi connectivity index (χ3n) is 8.76. The number of ether oxygens (including phenoxy) is 2. The summed E-state index contributed by atoms with van der Waals surface area (Å²) in [4.78, 5) is 31.1. The van der Waals surface area contributed by atoms with E-state index in [1.807, 2.05) is 24.3 Å². The Balaban J connectivity index is 1.31. The summed E-state index contributed by atoms with van der Waals surface area (Å²) in [6, 6.07) is 16.4. The normalized spacial score (nSPS) is 13.6.